The number of aromatic nitrogens is 2. The Hall–Kier alpha value is -3.99. The fourth-order valence-corrected chi connectivity index (χ4v) is 3.35. The van der Waals surface area contributed by atoms with Crippen LogP contribution in [0.3, 0.4) is 0 Å². The third kappa shape index (κ3) is 4.78. The van der Waals surface area contributed by atoms with E-state index in [0.717, 1.165) is 33.5 Å². The molecule has 5 nitrogen and oxygen atoms in total. The molecule has 0 saturated heterocycles. The van der Waals surface area contributed by atoms with Crippen molar-refractivity contribution in [2.45, 2.75) is 20.8 Å². The van der Waals surface area contributed by atoms with Gasteiger partial charge in [0.2, 0.25) is 0 Å². The summed E-state index contributed by atoms with van der Waals surface area (Å²) in [5.41, 5.74) is 7.00. The molecule has 4 rings (SSSR count). The lowest BCUT2D eigenvalue weighted by Crippen LogP contribution is -2.18. The van der Waals surface area contributed by atoms with E-state index in [0.29, 0.717) is 17.1 Å². The Morgan fingerprint density at radius 2 is 1.55 bits per heavy atom. The molecule has 2 aromatic heterocycles. The lowest BCUT2D eigenvalue weighted by molar-refractivity contribution is 0.215. The number of nitrogens with one attached hydrogen (secondary N) is 1. The van der Waals surface area contributed by atoms with Gasteiger partial charge in [-0.25, -0.2) is 9.78 Å². The fourth-order valence-electron chi connectivity index (χ4n) is 3.35. The molecule has 2 heterocycles. The van der Waals surface area contributed by atoms with Crippen molar-refractivity contribution in [3.63, 3.8) is 0 Å². The summed E-state index contributed by atoms with van der Waals surface area (Å²) in [6.07, 6.45) is 3.05. The van der Waals surface area contributed by atoms with E-state index in [9.17, 15) is 4.79 Å². The van der Waals surface area contributed by atoms with Gasteiger partial charge in [0.05, 0.1) is 17.1 Å². The van der Waals surface area contributed by atoms with Crippen molar-refractivity contribution in [1.82, 2.24) is 9.97 Å². The number of amides is 1. The van der Waals surface area contributed by atoms with Gasteiger partial charge in [0.15, 0.2) is 0 Å². The minimum Gasteiger partial charge on any atom is -0.410 e. The monoisotopic (exact) mass is 409 g/mol. The van der Waals surface area contributed by atoms with Crippen LogP contribution >= 0.6 is 0 Å². The average Bonchev–Trinajstić information content (AvgIpc) is 2.76. The van der Waals surface area contributed by atoms with E-state index in [1.807, 2.05) is 75.5 Å². The summed E-state index contributed by atoms with van der Waals surface area (Å²) < 4.78 is 5.45. The van der Waals surface area contributed by atoms with Crippen molar-refractivity contribution in [2.75, 3.05) is 5.32 Å². The normalized spacial score (nSPS) is 10.5. The molecular formula is C26H23N3O2. The van der Waals surface area contributed by atoms with Crippen molar-refractivity contribution in [3.05, 3.63) is 95.8 Å². The molecule has 5 heteroatoms. The highest BCUT2D eigenvalue weighted by Crippen LogP contribution is 2.32. The van der Waals surface area contributed by atoms with Gasteiger partial charge in [-0.1, -0.05) is 48.0 Å². The molecule has 0 atom stereocenters. The highest BCUT2D eigenvalue weighted by atomic mass is 16.6. The Kier molecular flexibility index (Phi) is 5.76. The van der Waals surface area contributed by atoms with Crippen molar-refractivity contribution >= 4 is 11.8 Å². The maximum atomic E-state index is 12.6. The van der Waals surface area contributed by atoms with Crippen LogP contribution in [0, 0.1) is 20.8 Å². The summed E-state index contributed by atoms with van der Waals surface area (Å²) >= 11 is 0. The SMILES string of the molecule is Cc1ccc(OC(=O)Nc2cc(C)c(-c3cncc(C)c3)nc2-c2ccccc2)cc1. The second kappa shape index (κ2) is 8.79. The van der Waals surface area contributed by atoms with E-state index in [4.69, 9.17) is 9.72 Å². The molecule has 0 saturated carbocycles. The van der Waals surface area contributed by atoms with Crippen molar-refractivity contribution in [1.29, 1.82) is 0 Å². The Morgan fingerprint density at radius 3 is 2.26 bits per heavy atom. The van der Waals surface area contributed by atoms with Crippen LogP contribution in [0.4, 0.5) is 10.5 Å². The van der Waals surface area contributed by atoms with Crippen LogP contribution in [0.25, 0.3) is 22.5 Å². The smallest absolute Gasteiger partial charge is 0.410 e. The highest BCUT2D eigenvalue weighted by molar-refractivity contribution is 5.92. The number of aryl methyl sites for hydroxylation is 3. The molecule has 0 unspecified atom stereocenters. The number of ether oxygens (including phenoxy) is 1. The maximum Gasteiger partial charge on any atom is 0.417 e. The molecule has 0 radical (unpaired) electrons. The number of nitrogens with zero attached hydrogens (tertiary/aromatic N) is 2. The van der Waals surface area contributed by atoms with Crippen LogP contribution in [0.5, 0.6) is 5.75 Å². The number of carbonyl (C=O) groups excluding carboxylic acids is 1. The number of hydrogen-bond acceptors (Lipinski definition) is 4. The van der Waals surface area contributed by atoms with E-state index < -0.39 is 6.09 Å². The minimum atomic E-state index is -0.563. The molecule has 2 aromatic carbocycles. The molecule has 0 aliphatic heterocycles. The van der Waals surface area contributed by atoms with Crippen LogP contribution < -0.4 is 10.1 Å². The Labute approximate surface area is 181 Å². The van der Waals surface area contributed by atoms with Gasteiger partial charge in [-0.3, -0.25) is 10.3 Å². The molecule has 1 N–H and O–H groups in total. The van der Waals surface area contributed by atoms with Gasteiger partial charge >= 0.3 is 6.09 Å². The topological polar surface area (TPSA) is 64.1 Å². The van der Waals surface area contributed by atoms with Crippen LogP contribution in [-0.4, -0.2) is 16.1 Å². The molecule has 0 fully saturated rings. The molecule has 154 valence electrons. The van der Waals surface area contributed by atoms with Crippen LogP contribution in [0.15, 0.2) is 79.1 Å². The first-order valence-corrected chi connectivity index (χ1v) is 10.0. The van der Waals surface area contributed by atoms with Crippen molar-refractivity contribution in [3.8, 4) is 28.3 Å². The molecule has 0 aliphatic rings. The zero-order chi connectivity index (χ0) is 21.8. The molecule has 4 aromatic rings. The quantitative estimate of drug-likeness (QED) is 0.427. The van der Waals surface area contributed by atoms with Gasteiger partial charge in [0, 0.05) is 23.5 Å². The molecule has 31 heavy (non-hydrogen) atoms. The van der Waals surface area contributed by atoms with Crippen LogP contribution in [0.2, 0.25) is 0 Å². The Bertz CT molecular complexity index is 1220. The second-order valence-electron chi connectivity index (χ2n) is 7.49. The summed E-state index contributed by atoms with van der Waals surface area (Å²) in [7, 11) is 0. The highest BCUT2D eigenvalue weighted by Gasteiger charge is 2.16. The summed E-state index contributed by atoms with van der Waals surface area (Å²) in [5, 5.41) is 2.86. The number of anilines is 1. The van der Waals surface area contributed by atoms with E-state index >= 15 is 0 Å². The lowest BCUT2D eigenvalue weighted by atomic mass is 10.0. The van der Waals surface area contributed by atoms with Gasteiger partial charge in [-0.05, 0) is 56.2 Å². The standard InChI is InChI=1S/C26H23N3O2/c1-17-9-11-22(12-10-17)31-26(30)28-23-14-19(3)24(21-13-18(2)15-27-16-21)29-25(23)20-7-5-4-6-8-20/h4-16H,1-3H3,(H,28,30). The number of hydrogen-bond donors (Lipinski definition) is 1. The van der Waals surface area contributed by atoms with Gasteiger partial charge in [-0.2, -0.15) is 0 Å². The summed E-state index contributed by atoms with van der Waals surface area (Å²) in [6.45, 7) is 5.95. The molecule has 0 spiro atoms. The predicted molar refractivity (Wildman–Crippen MR) is 123 cm³/mol. The third-order valence-electron chi connectivity index (χ3n) is 4.88. The average molecular weight is 409 g/mol. The first-order chi connectivity index (χ1) is 15.0. The van der Waals surface area contributed by atoms with Gasteiger partial charge in [0.25, 0.3) is 0 Å². The second-order valence-corrected chi connectivity index (χ2v) is 7.49. The largest absolute Gasteiger partial charge is 0.417 e. The van der Waals surface area contributed by atoms with E-state index in [2.05, 4.69) is 16.4 Å². The molecule has 1 amide bonds. The van der Waals surface area contributed by atoms with Crippen LogP contribution in [-0.2, 0) is 0 Å². The van der Waals surface area contributed by atoms with Crippen molar-refractivity contribution < 1.29 is 9.53 Å². The number of pyridine rings is 2. The lowest BCUT2D eigenvalue weighted by Gasteiger charge is -2.15. The van der Waals surface area contributed by atoms with Crippen molar-refractivity contribution in [2.24, 2.45) is 0 Å². The minimum absolute atomic E-state index is 0.483. The van der Waals surface area contributed by atoms with Gasteiger partial charge < -0.3 is 4.74 Å². The summed E-state index contributed by atoms with van der Waals surface area (Å²) in [6, 6.07) is 21.1. The summed E-state index contributed by atoms with van der Waals surface area (Å²) in [5.74, 6) is 0.483. The fraction of sp³-hybridized carbons (Fsp3) is 0.115. The Morgan fingerprint density at radius 1 is 0.806 bits per heavy atom. The summed E-state index contributed by atoms with van der Waals surface area (Å²) in [4.78, 5) is 21.8. The van der Waals surface area contributed by atoms with E-state index in [1.54, 1.807) is 18.3 Å². The molecular weight excluding hydrogens is 386 g/mol. The predicted octanol–water partition coefficient (Wildman–Crippen LogP) is 6.35. The number of carbonyl (C=O) groups is 1. The number of benzene rings is 2. The zero-order valence-corrected chi connectivity index (χ0v) is 17.7. The van der Waals surface area contributed by atoms with Gasteiger partial charge in [-0.15, -0.1) is 0 Å². The maximum absolute atomic E-state index is 12.6. The van der Waals surface area contributed by atoms with E-state index in [1.165, 1.54) is 0 Å². The molecule has 0 bridgehead atoms. The molecule has 0 aliphatic carbocycles. The first-order valence-electron chi connectivity index (χ1n) is 10.0. The first kappa shape index (κ1) is 20.3. The van der Waals surface area contributed by atoms with E-state index in [-0.39, 0.29) is 0 Å². The third-order valence-corrected chi connectivity index (χ3v) is 4.88. The Balaban J connectivity index is 1.72. The van der Waals surface area contributed by atoms with Crippen LogP contribution in [0.1, 0.15) is 16.7 Å². The number of rotatable bonds is 4. The zero-order valence-electron chi connectivity index (χ0n) is 17.7. The van der Waals surface area contributed by atoms with Gasteiger partial charge in [0.1, 0.15) is 5.75 Å².